The molecular formula is C24H25N5O5. The first kappa shape index (κ1) is 22.8. The molecule has 1 amide bonds. The summed E-state index contributed by atoms with van der Waals surface area (Å²) in [6, 6.07) is 9.04. The van der Waals surface area contributed by atoms with Crippen LogP contribution in [0.15, 0.2) is 47.1 Å². The number of carbonyl (C=O) groups is 1. The van der Waals surface area contributed by atoms with Crippen molar-refractivity contribution in [3.05, 3.63) is 65.3 Å². The van der Waals surface area contributed by atoms with E-state index in [1.165, 1.54) is 18.0 Å². The van der Waals surface area contributed by atoms with Gasteiger partial charge in [0.25, 0.3) is 11.9 Å². The fraction of sp³-hybridized carbons (Fsp3) is 0.250. The van der Waals surface area contributed by atoms with Crippen LogP contribution in [0.4, 0.5) is 0 Å². The zero-order valence-corrected chi connectivity index (χ0v) is 19.6. The molecule has 4 aromatic rings. The third-order valence-electron chi connectivity index (χ3n) is 5.26. The van der Waals surface area contributed by atoms with Crippen molar-refractivity contribution in [3.63, 3.8) is 0 Å². The number of ether oxygens (including phenoxy) is 3. The van der Waals surface area contributed by atoms with Gasteiger partial charge in [-0.3, -0.25) is 4.79 Å². The quantitative estimate of drug-likeness (QED) is 0.422. The minimum atomic E-state index is -0.282. The molecule has 1 N–H and O–H groups in total. The Bertz CT molecular complexity index is 1300. The molecule has 0 radical (unpaired) electrons. The van der Waals surface area contributed by atoms with E-state index in [9.17, 15) is 4.79 Å². The van der Waals surface area contributed by atoms with E-state index in [1.807, 2.05) is 19.1 Å². The van der Waals surface area contributed by atoms with Crippen LogP contribution in [0.2, 0.25) is 0 Å². The van der Waals surface area contributed by atoms with Gasteiger partial charge in [0.15, 0.2) is 17.3 Å². The fourth-order valence-corrected chi connectivity index (χ4v) is 3.51. The number of furan rings is 1. The highest BCUT2D eigenvalue weighted by atomic mass is 16.5. The number of nitrogens with zero attached hydrogens (tertiary/aromatic N) is 4. The molecule has 0 atom stereocenters. The molecule has 10 heteroatoms. The molecule has 3 aromatic heterocycles. The van der Waals surface area contributed by atoms with Gasteiger partial charge in [0.1, 0.15) is 11.5 Å². The Morgan fingerprint density at radius 3 is 2.41 bits per heavy atom. The number of hydrogen-bond donors (Lipinski definition) is 1. The van der Waals surface area contributed by atoms with Gasteiger partial charge in [0, 0.05) is 12.7 Å². The zero-order valence-electron chi connectivity index (χ0n) is 19.6. The Kier molecular flexibility index (Phi) is 6.48. The van der Waals surface area contributed by atoms with Gasteiger partial charge in [-0.15, -0.1) is 0 Å². The van der Waals surface area contributed by atoms with Crippen molar-refractivity contribution in [1.82, 2.24) is 25.1 Å². The fourth-order valence-electron chi connectivity index (χ4n) is 3.51. The highest BCUT2D eigenvalue weighted by Crippen LogP contribution is 2.38. The minimum absolute atomic E-state index is 0.254. The molecule has 1 aromatic carbocycles. The van der Waals surface area contributed by atoms with Gasteiger partial charge in [0.2, 0.25) is 5.75 Å². The van der Waals surface area contributed by atoms with Crippen LogP contribution in [0.5, 0.6) is 17.2 Å². The van der Waals surface area contributed by atoms with Crippen molar-refractivity contribution in [2.24, 2.45) is 0 Å². The lowest BCUT2D eigenvalue weighted by atomic mass is 10.1. The number of hydrogen-bond acceptors (Lipinski definition) is 8. The molecule has 0 fully saturated rings. The molecule has 0 bridgehead atoms. The van der Waals surface area contributed by atoms with E-state index in [1.54, 1.807) is 45.5 Å². The first-order valence-corrected chi connectivity index (χ1v) is 10.5. The lowest BCUT2D eigenvalue weighted by Crippen LogP contribution is -2.23. The molecule has 0 unspecified atom stereocenters. The molecule has 0 saturated carbocycles. The smallest absolute Gasteiger partial charge is 0.255 e. The van der Waals surface area contributed by atoms with Gasteiger partial charge in [0.05, 0.1) is 38.8 Å². The van der Waals surface area contributed by atoms with Crippen LogP contribution in [-0.2, 0) is 6.54 Å². The number of carbonyl (C=O) groups excluding carboxylic acids is 1. The van der Waals surface area contributed by atoms with Gasteiger partial charge in [-0.1, -0.05) is 0 Å². The first-order chi connectivity index (χ1) is 16.4. The van der Waals surface area contributed by atoms with Crippen LogP contribution < -0.4 is 19.5 Å². The maximum Gasteiger partial charge on any atom is 0.255 e. The number of nitrogens with one attached hydrogen (secondary N) is 1. The maximum absolute atomic E-state index is 12.9. The highest BCUT2D eigenvalue weighted by molar-refractivity contribution is 5.95. The summed E-state index contributed by atoms with van der Waals surface area (Å²) < 4.78 is 23.3. The van der Waals surface area contributed by atoms with E-state index < -0.39 is 0 Å². The van der Waals surface area contributed by atoms with Crippen LogP contribution in [0, 0.1) is 13.8 Å². The molecule has 34 heavy (non-hydrogen) atoms. The van der Waals surface area contributed by atoms with Crippen LogP contribution in [-0.4, -0.2) is 47.0 Å². The lowest BCUT2D eigenvalue weighted by molar-refractivity contribution is 0.0950. The Morgan fingerprint density at radius 2 is 1.79 bits per heavy atom. The Hall–Kier alpha value is -4.34. The summed E-state index contributed by atoms with van der Waals surface area (Å²) in [6.45, 7) is 3.91. The SMILES string of the molecule is COc1cc(CNC(=O)c2cnn(-c3nccc(-c4ccc(C)o4)n3)c2C)cc(OC)c1OC. The molecule has 0 aliphatic carbocycles. The van der Waals surface area contributed by atoms with Gasteiger partial charge < -0.3 is 23.9 Å². The Balaban J connectivity index is 1.53. The van der Waals surface area contributed by atoms with E-state index in [0.717, 1.165) is 11.3 Å². The average molecular weight is 463 g/mol. The van der Waals surface area contributed by atoms with Gasteiger partial charge in [-0.05, 0) is 49.7 Å². The first-order valence-electron chi connectivity index (χ1n) is 10.5. The monoisotopic (exact) mass is 463 g/mol. The predicted molar refractivity (Wildman–Crippen MR) is 124 cm³/mol. The van der Waals surface area contributed by atoms with E-state index >= 15 is 0 Å². The Morgan fingerprint density at radius 1 is 1.06 bits per heavy atom. The van der Waals surface area contributed by atoms with Crippen LogP contribution in [0.3, 0.4) is 0 Å². The molecule has 0 aliphatic heterocycles. The van der Waals surface area contributed by atoms with Crippen LogP contribution in [0.25, 0.3) is 17.4 Å². The van der Waals surface area contributed by atoms with Gasteiger partial charge in [-0.25, -0.2) is 14.6 Å². The maximum atomic E-state index is 12.9. The van der Waals surface area contributed by atoms with Gasteiger partial charge in [-0.2, -0.15) is 5.10 Å². The number of rotatable bonds is 8. The van der Waals surface area contributed by atoms with Crippen molar-refractivity contribution in [2.45, 2.75) is 20.4 Å². The number of amides is 1. The minimum Gasteiger partial charge on any atom is -0.493 e. The molecule has 3 heterocycles. The molecule has 176 valence electrons. The molecule has 0 aliphatic rings. The second-order valence-corrected chi connectivity index (χ2v) is 7.42. The summed E-state index contributed by atoms with van der Waals surface area (Å²) in [4.78, 5) is 21.7. The van der Waals surface area contributed by atoms with Crippen molar-refractivity contribution in [1.29, 1.82) is 0 Å². The summed E-state index contributed by atoms with van der Waals surface area (Å²) in [5.74, 6) is 3.00. The molecular weight excluding hydrogens is 438 g/mol. The van der Waals surface area contributed by atoms with E-state index in [0.29, 0.717) is 45.9 Å². The molecule has 0 saturated heterocycles. The zero-order chi connectivity index (χ0) is 24.2. The van der Waals surface area contributed by atoms with E-state index in [4.69, 9.17) is 18.6 Å². The number of aryl methyl sites for hydroxylation is 1. The third-order valence-corrected chi connectivity index (χ3v) is 5.26. The summed E-state index contributed by atoms with van der Waals surface area (Å²) in [5.41, 5.74) is 2.43. The molecule has 0 spiro atoms. The average Bonchev–Trinajstić information content (AvgIpc) is 3.47. The van der Waals surface area contributed by atoms with Crippen LogP contribution >= 0.6 is 0 Å². The predicted octanol–water partition coefficient (Wildman–Crippen LogP) is 3.49. The van der Waals surface area contributed by atoms with Crippen LogP contribution in [0.1, 0.15) is 27.4 Å². The Labute approximate surface area is 196 Å². The topological polar surface area (TPSA) is 114 Å². The number of aromatic nitrogens is 4. The van der Waals surface area contributed by atoms with Crippen molar-refractivity contribution in [3.8, 4) is 34.7 Å². The van der Waals surface area contributed by atoms with Crippen molar-refractivity contribution < 1.29 is 23.4 Å². The number of benzene rings is 1. The number of methoxy groups -OCH3 is 3. The largest absolute Gasteiger partial charge is 0.493 e. The van der Waals surface area contributed by atoms with Gasteiger partial charge >= 0.3 is 0 Å². The summed E-state index contributed by atoms with van der Waals surface area (Å²) in [6.07, 6.45) is 3.12. The third kappa shape index (κ3) is 4.42. The van der Waals surface area contributed by atoms with E-state index in [2.05, 4.69) is 20.4 Å². The normalized spacial score (nSPS) is 10.7. The summed E-state index contributed by atoms with van der Waals surface area (Å²) in [5, 5.41) is 7.22. The summed E-state index contributed by atoms with van der Waals surface area (Å²) in [7, 11) is 4.63. The lowest BCUT2D eigenvalue weighted by Gasteiger charge is -2.14. The van der Waals surface area contributed by atoms with E-state index in [-0.39, 0.29) is 12.5 Å². The molecule has 4 rings (SSSR count). The van der Waals surface area contributed by atoms with Crippen molar-refractivity contribution >= 4 is 5.91 Å². The standard InChI is InChI=1S/C24H25N5O5/c1-14-6-7-19(34-14)18-8-9-25-24(28-18)29-15(2)17(13-27-29)23(30)26-12-16-10-20(31-3)22(33-5)21(11-16)32-4/h6-11,13H,12H2,1-5H3,(H,26,30). The highest BCUT2D eigenvalue weighted by Gasteiger charge is 2.18. The molecule has 10 nitrogen and oxygen atoms in total. The summed E-state index contributed by atoms with van der Waals surface area (Å²) >= 11 is 0. The van der Waals surface area contributed by atoms with Crippen molar-refractivity contribution in [2.75, 3.05) is 21.3 Å². The second-order valence-electron chi connectivity index (χ2n) is 7.42. The second kappa shape index (κ2) is 9.65.